The molecule has 8 heteroatoms. The van der Waals surface area contributed by atoms with Crippen LogP contribution in [0.5, 0.6) is 0 Å². The number of para-hydroxylation sites is 1. The number of anilines is 2. The normalized spacial score (nSPS) is 12.5. The van der Waals surface area contributed by atoms with Gasteiger partial charge in [-0.25, -0.2) is 9.37 Å². The van der Waals surface area contributed by atoms with Crippen molar-refractivity contribution in [2.75, 3.05) is 16.8 Å². The number of rotatable bonds is 3. The summed E-state index contributed by atoms with van der Waals surface area (Å²) in [5, 5.41) is 4.00. The molecule has 2 heterocycles. The number of carbonyl (C=O) groups excluding carboxylic acids is 2. The number of aryl methyl sites for hydroxylation is 2. The van der Waals surface area contributed by atoms with E-state index in [0.717, 1.165) is 26.8 Å². The van der Waals surface area contributed by atoms with Crippen LogP contribution in [0.1, 0.15) is 36.2 Å². The molecule has 0 atom stereocenters. The monoisotopic (exact) mass is 505 g/mol. The molecule has 1 aromatic heterocycles. The van der Waals surface area contributed by atoms with Gasteiger partial charge in [-0.1, -0.05) is 29.8 Å². The highest BCUT2D eigenvalue weighted by atomic mass is 35.5. The Balaban J connectivity index is 1.42. The third-order valence-corrected chi connectivity index (χ3v) is 7.30. The van der Waals surface area contributed by atoms with Gasteiger partial charge in [-0.2, -0.15) is 0 Å². The number of thiazole rings is 1. The second kappa shape index (κ2) is 9.24. The van der Waals surface area contributed by atoms with Crippen LogP contribution in [-0.4, -0.2) is 23.3 Å². The predicted molar refractivity (Wildman–Crippen MR) is 138 cm³/mol. The number of amides is 2. The summed E-state index contributed by atoms with van der Waals surface area (Å²) in [4.78, 5) is 33.9. The quantitative estimate of drug-likeness (QED) is 0.338. The maximum atomic E-state index is 13.6. The van der Waals surface area contributed by atoms with E-state index in [2.05, 4.69) is 5.32 Å². The molecule has 4 aromatic rings. The molecule has 0 unspecified atom stereocenters. The summed E-state index contributed by atoms with van der Waals surface area (Å²) < 4.78 is 13.4. The van der Waals surface area contributed by atoms with E-state index in [1.807, 2.05) is 31.2 Å². The van der Waals surface area contributed by atoms with Crippen molar-refractivity contribution >= 4 is 46.1 Å². The van der Waals surface area contributed by atoms with E-state index in [-0.39, 0.29) is 16.8 Å². The number of benzene rings is 3. The Morgan fingerprint density at radius 2 is 1.83 bits per heavy atom. The van der Waals surface area contributed by atoms with E-state index >= 15 is 0 Å². The Morgan fingerprint density at radius 3 is 2.60 bits per heavy atom. The van der Waals surface area contributed by atoms with Crippen molar-refractivity contribution < 1.29 is 14.0 Å². The molecule has 35 heavy (non-hydrogen) atoms. The van der Waals surface area contributed by atoms with Crippen LogP contribution in [0.2, 0.25) is 5.02 Å². The number of halogens is 2. The summed E-state index contributed by atoms with van der Waals surface area (Å²) in [5.41, 5.74) is 4.32. The summed E-state index contributed by atoms with van der Waals surface area (Å²) >= 11 is 8.17. The molecule has 2 amide bonds. The molecule has 5 nitrogen and oxygen atoms in total. The van der Waals surface area contributed by atoms with Gasteiger partial charge in [0.05, 0.1) is 27.0 Å². The highest BCUT2D eigenvalue weighted by molar-refractivity contribution is 7.12. The molecule has 0 spiro atoms. The molecular formula is C27H21ClFN3O2S. The Hall–Kier alpha value is -3.55. The minimum absolute atomic E-state index is 0.221. The molecule has 0 aliphatic carbocycles. The van der Waals surface area contributed by atoms with Crippen LogP contribution in [0, 0.1) is 19.7 Å². The number of nitrogens with zero attached hydrogens (tertiary/aromatic N) is 2. The van der Waals surface area contributed by atoms with Crippen molar-refractivity contribution in [2.45, 2.75) is 20.3 Å². The number of fused-ring (bicyclic) bond motifs is 3. The molecule has 5 rings (SSSR count). The van der Waals surface area contributed by atoms with E-state index < -0.39 is 5.82 Å². The van der Waals surface area contributed by atoms with Gasteiger partial charge in [0.2, 0.25) is 0 Å². The van der Waals surface area contributed by atoms with E-state index in [1.54, 1.807) is 41.4 Å². The molecule has 0 bridgehead atoms. The lowest BCUT2D eigenvalue weighted by Crippen LogP contribution is -2.32. The zero-order valence-corrected chi connectivity index (χ0v) is 20.6. The first-order valence-electron chi connectivity index (χ1n) is 11.1. The lowest BCUT2D eigenvalue weighted by atomic mass is 10.1. The molecular weight excluding hydrogens is 485 g/mol. The fourth-order valence-electron chi connectivity index (χ4n) is 4.30. The van der Waals surface area contributed by atoms with Gasteiger partial charge in [0.25, 0.3) is 11.8 Å². The Morgan fingerprint density at radius 1 is 1.06 bits per heavy atom. The third-order valence-electron chi connectivity index (χ3n) is 5.95. The topological polar surface area (TPSA) is 62.3 Å². The summed E-state index contributed by atoms with van der Waals surface area (Å²) in [7, 11) is 0. The minimum Gasteiger partial charge on any atom is -0.322 e. The predicted octanol–water partition coefficient (Wildman–Crippen LogP) is 6.67. The molecule has 3 aromatic carbocycles. The molecule has 176 valence electrons. The zero-order valence-electron chi connectivity index (χ0n) is 19.1. The number of nitrogens with one attached hydrogen (secondary N) is 1. The average molecular weight is 506 g/mol. The lowest BCUT2D eigenvalue weighted by molar-refractivity contribution is 0.0986. The fourth-order valence-corrected chi connectivity index (χ4v) is 5.50. The highest BCUT2D eigenvalue weighted by Crippen LogP contribution is 2.39. The van der Waals surface area contributed by atoms with Gasteiger partial charge in [0.15, 0.2) is 0 Å². The van der Waals surface area contributed by atoms with Crippen LogP contribution >= 0.6 is 22.9 Å². The van der Waals surface area contributed by atoms with E-state index in [0.29, 0.717) is 35.3 Å². The number of hydrogen-bond acceptors (Lipinski definition) is 4. The summed E-state index contributed by atoms with van der Waals surface area (Å²) in [5.74, 6) is -1.00. The highest BCUT2D eigenvalue weighted by Gasteiger charge is 2.28. The van der Waals surface area contributed by atoms with Gasteiger partial charge in [0.1, 0.15) is 5.82 Å². The van der Waals surface area contributed by atoms with Crippen LogP contribution in [0.25, 0.3) is 11.3 Å². The number of aromatic nitrogens is 1. The van der Waals surface area contributed by atoms with E-state index in [1.165, 1.54) is 18.2 Å². The minimum atomic E-state index is -0.402. The van der Waals surface area contributed by atoms with E-state index in [9.17, 15) is 14.0 Å². The van der Waals surface area contributed by atoms with Crippen LogP contribution in [0.15, 0.2) is 60.7 Å². The SMILES string of the molecule is Cc1nc2c(s1)CCN(C(=O)c1ccc(NC(=O)c3ccc(F)cc3C)cc1Cl)c1ccccc1-2. The third kappa shape index (κ3) is 4.45. The van der Waals surface area contributed by atoms with Crippen molar-refractivity contribution in [3.63, 3.8) is 0 Å². The van der Waals surface area contributed by atoms with Crippen LogP contribution in [0.3, 0.4) is 0 Å². The molecule has 1 N–H and O–H groups in total. The number of hydrogen-bond donors (Lipinski definition) is 1. The second-order valence-electron chi connectivity index (χ2n) is 8.34. The first-order chi connectivity index (χ1) is 16.8. The van der Waals surface area contributed by atoms with Gasteiger partial charge in [-0.15, -0.1) is 11.3 Å². The lowest BCUT2D eigenvalue weighted by Gasteiger charge is -2.23. The number of carbonyl (C=O) groups is 2. The van der Waals surface area contributed by atoms with Gasteiger partial charge < -0.3 is 10.2 Å². The van der Waals surface area contributed by atoms with Crippen molar-refractivity contribution in [3.8, 4) is 11.3 Å². The molecule has 0 radical (unpaired) electrons. The van der Waals surface area contributed by atoms with Crippen molar-refractivity contribution in [3.05, 3.63) is 98.1 Å². The van der Waals surface area contributed by atoms with Crippen molar-refractivity contribution in [1.82, 2.24) is 4.98 Å². The molecule has 0 saturated heterocycles. The zero-order chi connectivity index (χ0) is 24.7. The maximum absolute atomic E-state index is 13.6. The van der Waals surface area contributed by atoms with Gasteiger partial charge in [-0.05, 0) is 61.9 Å². The first kappa shape index (κ1) is 23.2. The summed E-state index contributed by atoms with van der Waals surface area (Å²) in [6, 6.07) is 16.5. The summed E-state index contributed by atoms with van der Waals surface area (Å²) in [6.45, 7) is 4.16. The maximum Gasteiger partial charge on any atom is 0.259 e. The van der Waals surface area contributed by atoms with Crippen molar-refractivity contribution in [2.24, 2.45) is 0 Å². The van der Waals surface area contributed by atoms with Gasteiger partial charge >= 0.3 is 0 Å². The molecule has 0 fully saturated rings. The smallest absolute Gasteiger partial charge is 0.259 e. The van der Waals surface area contributed by atoms with Crippen LogP contribution in [-0.2, 0) is 6.42 Å². The summed E-state index contributed by atoms with van der Waals surface area (Å²) in [6.07, 6.45) is 0.698. The molecule has 0 saturated carbocycles. The molecule has 1 aliphatic rings. The average Bonchev–Trinajstić information content (AvgIpc) is 3.12. The first-order valence-corrected chi connectivity index (χ1v) is 12.3. The Labute approximate surface area is 211 Å². The Bertz CT molecular complexity index is 1480. The van der Waals surface area contributed by atoms with Crippen LogP contribution in [0.4, 0.5) is 15.8 Å². The molecule has 1 aliphatic heterocycles. The second-order valence-corrected chi connectivity index (χ2v) is 10.0. The van der Waals surface area contributed by atoms with E-state index in [4.69, 9.17) is 16.6 Å². The van der Waals surface area contributed by atoms with Gasteiger partial charge in [0, 0.05) is 34.7 Å². The fraction of sp³-hybridized carbons (Fsp3) is 0.148. The standard InChI is InChI=1S/C27H21ClFN3O2S/c1-15-13-17(29)7-9-19(15)26(33)31-18-8-10-20(22(28)14-18)27(34)32-12-11-24-25(30-16(2)35-24)21-5-3-4-6-23(21)32/h3-10,13-14H,11-12H2,1-2H3,(H,31,33). The largest absolute Gasteiger partial charge is 0.322 e. The Kier molecular flexibility index (Phi) is 6.13. The van der Waals surface area contributed by atoms with Crippen LogP contribution < -0.4 is 10.2 Å². The van der Waals surface area contributed by atoms with Crippen molar-refractivity contribution in [1.29, 1.82) is 0 Å². The van der Waals surface area contributed by atoms with Gasteiger partial charge in [-0.3, -0.25) is 9.59 Å².